The summed E-state index contributed by atoms with van der Waals surface area (Å²) < 4.78 is 2.36. The van der Waals surface area contributed by atoms with Gasteiger partial charge in [0.05, 0.1) is 17.7 Å². The van der Waals surface area contributed by atoms with Crippen molar-refractivity contribution in [1.29, 1.82) is 0 Å². The maximum atomic E-state index is 12.3. The Balaban J connectivity index is 1.73. The van der Waals surface area contributed by atoms with E-state index in [9.17, 15) is 9.90 Å². The zero-order valence-corrected chi connectivity index (χ0v) is 15.7. The molecule has 2 aromatic heterocycles. The summed E-state index contributed by atoms with van der Waals surface area (Å²) in [4.78, 5) is 16.7. The molecule has 0 atom stereocenters. The molecule has 3 rings (SSSR count). The quantitative estimate of drug-likeness (QED) is 0.445. The fourth-order valence-electron chi connectivity index (χ4n) is 2.41. The van der Waals surface area contributed by atoms with Crippen LogP contribution in [0.2, 0.25) is 0 Å². The highest BCUT2D eigenvalue weighted by Crippen LogP contribution is 2.22. The fraction of sp³-hybridized carbons (Fsp3) is 0.176. The number of aromatic amines is 1. The lowest BCUT2D eigenvalue weighted by molar-refractivity contribution is 0.102. The number of hydrogen-bond donors (Lipinski definition) is 3. The molecule has 7 nitrogen and oxygen atoms in total. The van der Waals surface area contributed by atoms with E-state index in [0.29, 0.717) is 22.9 Å². The van der Waals surface area contributed by atoms with Crippen LogP contribution < -0.4 is 5.32 Å². The third-order valence-electron chi connectivity index (χ3n) is 3.66. The molecule has 0 aliphatic rings. The van der Waals surface area contributed by atoms with E-state index in [1.54, 1.807) is 24.3 Å². The SMILES string of the molecule is C=CCn1c(Cc2csc(NC(=O)c3ccc(C)cc3O)n2)n[nH]c1=S. The Hall–Kier alpha value is -2.78. The number of H-pyrrole nitrogens is 1. The van der Waals surface area contributed by atoms with E-state index in [0.717, 1.165) is 17.1 Å². The number of carbonyl (C=O) groups is 1. The molecular formula is C17H17N5O2S2. The molecular weight excluding hydrogens is 370 g/mol. The Morgan fingerprint density at radius 1 is 1.54 bits per heavy atom. The zero-order chi connectivity index (χ0) is 18.7. The molecule has 9 heteroatoms. The first kappa shape index (κ1) is 18.0. The number of nitrogens with zero attached hydrogens (tertiary/aromatic N) is 3. The number of thiazole rings is 1. The molecule has 0 bridgehead atoms. The van der Waals surface area contributed by atoms with Crippen LogP contribution in [0.3, 0.4) is 0 Å². The molecule has 0 aliphatic heterocycles. The Morgan fingerprint density at radius 3 is 3.08 bits per heavy atom. The van der Waals surface area contributed by atoms with E-state index in [4.69, 9.17) is 12.2 Å². The highest BCUT2D eigenvalue weighted by molar-refractivity contribution is 7.71. The van der Waals surface area contributed by atoms with Crippen molar-refractivity contribution in [2.24, 2.45) is 0 Å². The van der Waals surface area contributed by atoms with Gasteiger partial charge in [0.25, 0.3) is 5.91 Å². The maximum absolute atomic E-state index is 12.3. The minimum absolute atomic E-state index is 0.0563. The number of hydrogen-bond acceptors (Lipinski definition) is 6. The fourth-order valence-corrected chi connectivity index (χ4v) is 3.34. The molecule has 0 saturated carbocycles. The second-order valence-corrected chi connectivity index (χ2v) is 6.88. The summed E-state index contributed by atoms with van der Waals surface area (Å²) in [6, 6.07) is 4.90. The lowest BCUT2D eigenvalue weighted by Gasteiger charge is -2.05. The highest BCUT2D eigenvalue weighted by atomic mass is 32.1. The van der Waals surface area contributed by atoms with Crippen LogP contribution in [0.15, 0.2) is 36.2 Å². The molecule has 0 fully saturated rings. The Labute approximate surface area is 159 Å². The van der Waals surface area contributed by atoms with Crippen molar-refractivity contribution in [2.75, 3.05) is 5.32 Å². The summed E-state index contributed by atoms with van der Waals surface area (Å²) >= 11 is 6.50. The highest BCUT2D eigenvalue weighted by Gasteiger charge is 2.14. The average molecular weight is 387 g/mol. The van der Waals surface area contributed by atoms with Crippen molar-refractivity contribution in [3.05, 3.63) is 63.7 Å². The lowest BCUT2D eigenvalue weighted by Crippen LogP contribution is -2.12. The Kier molecular flexibility index (Phi) is 5.29. The predicted molar refractivity (Wildman–Crippen MR) is 103 cm³/mol. The number of aromatic nitrogens is 4. The summed E-state index contributed by atoms with van der Waals surface area (Å²) in [5.74, 6) is 0.284. The number of phenolic OH excluding ortho intramolecular Hbond substituents is 1. The number of allylic oxidation sites excluding steroid dienone is 1. The van der Waals surface area contributed by atoms with E-state index in [-0.39, 0.29) is 11.3 Å². The van der Waals surface area contributed by atoms with E-state index in [1.807, 2.05) is 16.9 Å². The largest absolute Gasteiger partial charge is 0.507 e. The number of nitrogens with one attached hydrogen (secondary N) is 2. The number of anilines is 1. The topological polar surface area (TPSA) is 95.8 Å². The van der Waals surface area contributed by atoms with Gasteiger partial charge in [-0.25, -0.2) is 4.98 Å². The second kappa shape index (κ2) is 7.63. The van der Waals surface area contributed by atoms with Gasteiger partial charge >= 0.3 is 0 Å². The third-order valence-corrected chi connectivity index (χ3v) is 4.78. The maximum Gasteiger partial charge on any atom is 0.261 e. The molecule has 1 amide bonds. The number of benzene rings is 1. The first-order valence-electron chi connectivity index (χ1n) is 7.78. The van der Waals surface area contributed by atoms with Crippen LogP contribution in [0.1, 0.15) is 27.4 Å². The Bertz CT molecular complexity index is 1020. The molecule has 26 heavy (non-hydrogen) atoms. The van der Waals surface area contributed by atoms with Crippen molar-refractivity contribution in [3.8, 4) is 5.75 Å². The minimum Gasteiger partial charge on any atom is -0.507 e. The minimum atomic E-state index is -0.405. The number of amides is 1. The smallest absolute Gasteiger partial charge is 0.261 e. The second-order valence-electron chi connectivity index (χ2n) is 5.64. The number of rotatable bonds is 6. The molecule has 134 valence electrons. The molecule has 0 unspecified atom stereocenters. The van der Waals surface area contributed by atoms with Crippen LogP contribution in [-0.2, 0) is 13.0 Å². The number of carbonyl (C=O) groups excluding carboxylic acids is 1. The summed E-state index contributed by atoms with van der Waals surface area (Å²) in [5, 5.41) is 21.9. The van der Waals surface area contributed by atoms with Crippen LogP contribution >= 0.6 is 23.6 Å². The van der Waals surface area contributed by atoms with Crippen molar-refractivity contribution in [3.63, 3.8) is 0 Å². The van der Waals surface area contributed by atoms with Crippen molar-refractivity contribution < 1.29 is 9.90 Å². The first-order valence-corrected chi connectivity index (χ1v) is 9.07. The van der Waals surface area contributed by atoms with Gasteiger partial charge in [0.1, 0.15) is 11.6 Å². The third kappa shape index (κ3) is 3.89. The summed E-state index contributed by atoms with van der Waals surface area (Å²) in [5.41, 5.74) is 1.85. The number of aryl methyl sites for hydroxylation is 1. The molecule has 0 aliphatic carbocycles. The number of aromatic hydroxyl groups is 1. The van der Waals surface area contributed by atoms with Crippen molar-refractivity contribution in [1.82, 2.24) is 19.7 Å². The molecule has 3 N–H and O–H groups in total. The zero-order valence-electron chi connectivity index (χ0n) is 14.0. The first-order chi connectivity index (χ1) is 12.5. The summed E-state index contributed by atoms with van der Waals surface area (Å²) in [6.07, 6.45) is 2.22. The standard InChI is InChI=1S/C17H17N5O2S2/c1-3-6-22-14(20-21-17(22)25)8-11-9-26-16(18-11)19-15(24)12-5-4-10(2)7-13(12)23/h3-5,7,9,23H,1,6,8H2,2H3,(H,21,25)(H,18,19,24). The monoisotopic (exact) mass is 387 g/mol. The summed E-state index contributed by atoms with van der Waals surface area (Å²) in [6.45, 7) is 6.12. The van der Waals surface area contributed by atoms with Gasteiger partial charge in [-0.1, -0.05) is 12.1 Å². The molecule has 0 radical (unpaired) electrons. The lowest BCUT2D eigenvalue weighted by atomic mass is 10.1. The predicted octanol–water partition coefficient (Wildman–Crippen LogP) is 3.44. The van der Waals surface area contributed by atoms with E-state index < -0.39 is 5.91 Å². The van der Waals surface area contributed by atoms with Gasteiger partial charge in [-0.2, -0.15) is 5.10 Å². The van der Waals surface area contributed by atoms with E-state index in [2.05, 4.69) is 27.1 Å². The molecule has 2 heterocycles. The van der Waals surface area contributed by atoms with Gasteiger partial charge in [-0.3, -0.25) is 19.8 Å². The molecule has 3 aromatic rings. The van der Waals surface area contributed by atoms with Gasteiger partial charge in [-0.15, -0.1) is 17.9 Å². The van der Waals surface area contributed by atoms with Gasteiger partial charge in [-0.05, 0) is 36.8 Å². The van der Waals surface area contributed by atoms with Gasteiger partial charge in [0, 0.05) is 11.9 Å². The van der Waals surface area contributed by atoms with Crippen LogP contribution in [-0.4, -0.2) is 30.8 Å². The van der Waals surface area contributed by atoms with Crippen LogP contribution in [0, 0.1) is 11.7 Å². The molecule has 0 spiro atoms. The molecule has 0 saturated heterocycles. The van der Waals surface area contributed by atoms with E-state index in [1.165, 1.54) is 11.3 Å². The van der Waals surface area contributed by atoms with E-state index >= 15 is 0 Å². The van der Waals surface area contributed by atoms with Crippen molar-refractivity contribution >= 4 is 34.6 Å². The van der Waals surface area contributed by atoms with Gasteiger partial charge in [0.2, 0.25) is 0 Å². The summed E-state index contributed by atoms with van der Waals surface area (Å²) in [7, 11) is 0. The average Bonchev–Trinajstić information content (AvgIpc) is 3.16. The number of phenols is 1. The Morgan fingerprint density at radius 2 is 2.35 bits per heavy atom. The van der Waals surface area contributed by atoms with Crippen LogP contribution in [0.4, 0.5) is 5.13 Å². The van der Waals surface area contributed by atoms with Gasteiger partial charge < -0.3 is 5.11 Å². The van der Waals surface area contributed by atoms with Crippen molar-refractivity contribution in [2.45, 2.75) is 19.9 Å². The normalized spacial score (nSPS) is 10.7. The van der Waals surface area contributed by atoms with Gasteiger partial charge in [0.15, 0.2) is 9.90 Å². The van der Waals surface area contributed by atoms with Crippen LogP contribution in [0.25, 0.3) is 0 Å². The molecule has 1 aromatic carbocycles. The van der Waals surface area contributed by atoms with Crippen LogP contribution in [0.5, 0.6) is 5.75 Å².